The molecule has 1 aliphatic rings. The number of aryl methyl sites for hydroxylation is 2. The molecule has 3 aromatic carbocycles. The Morgan fingerprint density at radius 1 is 0.797 bits per heavy atom. The SMILES string of the molecule is Cn1c(C(=O)N2CCN(Cc3ccc(OCC(F)(F)F)cc3)CC2)cc2ccc(Oc3ccc(CCCCCCCCCCN)cn3)cc21.O=S(=O)(O)c1ccc(-c2ccccc2)s1. The minimum Gasteiger partial charge on any atom is -0.484 e. The van der Waals surface area contributed by atoms with Crippen molar-refractivity contribution < 1.29 is 40.4 Å². The van der Waals surface area contributed by atoms with Crippen molar-refractivity contribution in [2.75, 3.05) is 39.3 Å². The molecule has 0 aliphatic carbocycles. The second-order valence-corrected chi connectivity index (χ2v) is 18.6. The summed E-state index contributed by atoms with van der Waals surface area (Å²) in [7, 11) is -2.18. The van der Waals surface area contributed by atoms with Gasteiger partial charge in [0.15, 0.2) is 6.61 Å². The third-order valence-corrected chi connectivity index (χ3v) is 13.4. The van der Waals surface area contributed by atoms with Crippen molar-refractivity contribution >= 4 is 38.3 Å². The number of fused-ring (bicyclic) bond motifs is 1. The number of piperazine rings is 1. The number of carbonyl (C=O) groups is 1. The summed E-state index contributed by atoms with van der Waals surface area (Å²) in [6.45, 7) is 2.69. The largest absolute Gasteiger partial charge is 0.484 e. The first-order valence-corrected chi connectivity index (χ1v) is 23.9. The number of aromatic nitrogens is 2. The summed E-state index contributed by atoms with van der Waals surface area (Å²) in [5, 5.41) is 0.957. The molecule has 1 fully saturated rings. The summed E-state index contributed by atoms with van der Waals surface area (Å²) in [5.74, 6) is 1.36. The number of carbonyl (C=O) groups excluding carboxylic acids is 1. The van der Waals surface area contributed by atoms with Crippen molar-refractivity contribution in [1.29, 1.82) is 0 Å². The van der Waals surface area contributed by atoms with Gasteiger partial charge in [-0.15, -0.1) is 11.3 Å². The molecule has 64 heavy (non-hydrogen) atoms. The first kappa shape index (κ1) is 48.2. The van der Waals surface area contributed by atoms with E-state index in [9.17, 15) is 26.4 Å². The molecular formula is C48H56F3N5O6S2. The standard InChI is InChI=1S/C38H48F3N5O3.C10H8O3S2/c1-44-34-25-33(49-36-18-13-29(26-43-36)10-8-6-4-2-3-5-7-9-19-42)17-14-31(34)24-35(44)37(47)46-22-20-45(21-23-46)27-30-11-15-32(16-12-30)48-28-38(39,40)41;11-15(12,13)10-7-6-9(14-10)8-4-2-1-3-5-8/h11-18,24-26H,2-10,19-23,27-28,42H2,1H3;1-7H,(H,11,12,13). The molecule has 342 valence electrons. The molecule has 4 heterocycles. The molecule has 16 heteroatoms. The van der Waals surface area contributed by atoms with E-state index in [1.807, 2.05) is 83.4 Å². The quantitative estimate of drug-likeness (QED) is 0.0600. The average Bonchev–Trinajstić information content (AvgIpc) is 3.92. The summed E-state index contributed by atoms with van der Waals surface area (Å²) in [6, 6.07) is 30.9. The van der Waals surface area contributed by atoms with Crippen molar-refractivity contribution in [3.63, 3.8) is 0 Å². The lowest BCUT2D eigenvalue weighted by atomic mass is 10.1. The van der Waals surface area contributed by atoms with Crippen LogP contribution in [-0.2, 0) is 30.1 Å². The molecule has 1 aliphatic heterocycles. The van der Waals surface area contributed by atoms with E-state index >= 15 is 0 Å². The minimum absolute atomic E-state index is 0.0215. The van der Waals surface area contributed by atoms with Gasteiger partial charge < -0.3 is 24.7 Å². The molecule has 0 radical (unpaired) electrons. The van der Waals surface area contributed by atoms with Crippen LogP contribution in [0, 0.1) is 0 Å². The molecule has 0 atom stereocenters. The van der Waals surface area contributed by atoms with Crippen LogP contribution in [0.4, 0.5) is 13.2 Å². The van der Waals surface area contributed by atoms with Crippen LogP contribution in [0.1, 0.15) is 73.0 Å². The van der Waals surface area contributed by atoms with Gasteiger partial charge in [0.05, 0.1) is 5.52 Å². The van der Waals surface area contributed by atoms with Crippen LogP contribution in [0.3, 0.4) is 0 Å². The van der Waals surface area contributed by atoms with Crippen molar-refractivity contribution in [2.45, 2.75) is 74.7 Å². The molecule has 7 rings (SSSR count). The van der Waals surface area contributed by atoms with Crippen LogP contribution < -0.4 is 15.2 Å². The van der Waals surface area contributed by atoms with E-state index in [4.69, 9.17) is 19.8 Å². The number of amides is 1. The summed E-state index contributed by atoms with van der Waals surface area (Å²) >= 11 is 1.05. The number of nitrogens with two attached hydrogens (primary N) is 1. The lowest BCUT2D eigenvalue weighted by molar-refractivity contribution is -0.153. The number of unbranched alkanes of at least 4 members (excludes halogenated alkanes) is 7. The summed E-state index contributed by atoms with van der Waals surface area (Å²) in [5.41, 5.74) is 10.2. The highest BCUT2D eigenvalue weighted by Crippen LogP contribution is 2.31. The molecule has 6 aromatic rings. The molecule has 0 bridgehead atoms. The topological polar surface area (TPSA) is 140 Å². The Kier molecular flexibility index (Phi) is 17.4. The highest BCUT2D eigenvalue weighted by atomic mass is 32.3. The Morgan fingerprint density at radius 2 is 1.45 bits per heavy atom. The van der Waals surface area contributed by atoms with Crippen molar-refractivity contribution in [2.24, 2.45) is 12.8 Å². The number of ether oxygens (including phenoxy) is 2. The lowest BCUT2D eigenvalue weighted by Crippen LogP contribution is -2.48. The van der Waals surface area contributed by atoms with Gasteiger partial charge in [-0.1, -0.05) is 87.1 Å². The van der Waals surface area contributed by atoms with E-state index in [-0.39, 0.29) is 15.9 Å². The van der Waals surface area contributed by atoms with Crippen LogP contribution in [0.5, 0.6) is 17.4 Å². The number of nitrogens with zero attached hydrogens (tertiary/aromatic N) is 4. The Morgan fingerprint density at radius 3 is 2.08 bits per heavy atom. The van der Waals surface area contributed by atoms with Crippen LogP contribution in [0.15, 0.2) is 114 Å². The highest BCUT2D eigenvalue weighted by molar-refractivity contribution is 7.88. The van der Waals surface area contributed by atoms with Gasteiger partial charge in [0, 0.05) is 68.4 Å². The van der Waals surface area contributed by atoms with Crippen LogP contribution in [0.2, 0.25) is 0 Å². The number of benzene rings is 3. The fourth-order valence-electron chi connectivity index (χ4n) is 7.45. The summed E-state index contributed by atoms with van der Waals surface area (Å²) in [4.78, 5) is 23.0. The number of pyridine rings is 1. The second kappa shape index (κ2) is 23.1. The van der Waals surface area contributed by atoms with Crippen molar-refractivity contribution in [3.05, 3.63) is 126 Å². The van der Waals surface area contributed by atoms with Crippen LogP contribution in [0.25, 0.3) is 21.3 Å². The average molecular weight is 920 g/mol. The fourth-order valence-corrected chi connectivity index (χ4v) is 9.13. The molecule has 3 aromatic heterocycles. The summed E-state index contributed by atoms with van der Waals surface area (Å²) in [6.07, 6.45) is 8.49. The Hall–Kier alpha value is -5.26. The van der Waals surface area contributed by atoms with Gasteiger partial charge in [0.1, 0.15) is 21.4 Å². The monoisotopic (exact) mass is 919 g/mol. The van der Waals surface area contributed by atoms with Gasteiger partial charge in [-0.3, -0.25) is 14.2 Å². The zero-order valence-corrected chi connectivity index (χ0v) is 37.6. The predicted octanol–water partition coefficient (Wildman–Crippen LogP) is 10.5. The van der Waals surface area contributed by atoms with Gasteiger partial charge in [-0.25, -0.2) is 4.98 Å². The maximum atomic E-state index is 13.6. The van der Waals surface area contributed by atoms with E-state index in [0.717, 1.165) is 64.1 Å². The smallest absolute Gasteiger partial charge is 0.422 e. The Labute approximate surface area is 377 Å². The first-order valence-electron chi connectivity index (χ1n) is 21.6. The van der Waals surface area contributed by atoms with Crippen molar-refractivity contribution in [3.8, 4) is 27.8 Å². The molecule has 11 nitrogen and oxygen atoms in total. The van der Waals surface area contributed by atoms with Gasteiger partial charge in [-0.2, -0.15) is 21.6 Å². The molecule has 1 amide bonds. The third-order valence-electron chi connectivity index (χ3n) is 11.0. The molecular weight excluding hydrogens is 864 g/mol. The summed E-state index contributed by atoms with van der Waals surface area (Å²) < 4.78 is 80.5. The molecule has 1 saturated heterocycles. The van der Waals surface area contributed by atoms with E-state index in [1.165, 1.54) is 50.2 Å². The Balaban J connectivity index is 0.000000380. The fraction of sp³-hybridized carbons (Fsp3) is 0.375. The third kappa shape index (κ3) is 14.6. The zero-order chi connectivity index (χ0) is 45.5. The number of thiophene rings is 1. The van der Waals surface area contributed by atoms with Crippen LogP contribution >= 0.6 is 11.3 Å². The molecule has 0 unspecified atom stereocenters. The first-order chi connectivity index (χ1) is 30.8. The molecule has 0 spiro atoms. The zero-order valence-electron chi connectivity index (χ0n) is 36.0. The normalized spacial score (nSPS) is 13.4. The van der Waals surface area contributed by atoms with Gasteiger partial charge in [-0.05, 0) is 85.0 Å². The Bertz CT molecular complexity index is 2490. The lowest BCUT2D eigenvalue weighted by Gasteiger charge is -2.34. The minimum atomic E-state index is -4.37. The second-order valence-electron chi connectivity index (χ2n) is 15.9. The van der Waals surface area contributed by atoms with Crippen molar-refractivity contribution in [1.82, 2.24) is 19.4 Å². The van der Waals surface area contributed by atoms with Crippen LogP contribution in [-0.4, -0.2) is 83.7 Å². The van der Waals surface area contributed by atoms with E-state index in [1.54, 1.807) is 30.3 Å². The number of rotatable bonds is 19. The van der Waals surface area contributed by atoms with E-state index in [0.29, 0.717) is 50.0 Å². The van der Waals surface area contributed by atoms with Gasteiger partial charge in [0.25, 0.3) is 5.91 Å². The highest BCUT2D eigenvalue weighted by Gasteiger charge is 2.28. The van der Waals surface area contributed by atoms with E-state index < -0.39 is 22.9 Å². The number of hydrogen-bond donors (Lipinski definition) is 2. The maximum Gasteiger partial charge on any atom is 0.422 e. The van der Waals surface area contributed by atoms with Gasteiger partial charge in [0.2, 0.25) is 5.88 Å². The molecule has 0 saturated carbocycles. The van der Waals surface area contributed by atoms with Gasteiger partial charge >= 0.3 is 16.3 Å². The number of hydrogen-bond acceptors (Lipinski definition) is 9. The number of halogens is 3. The number of alkyl halides is 3. The maximum absolute atomic E-state index is 13.6. The predicted molar refractivity (Wildman–Crippen MR) is 246 cm³/mol. The van der Waals surface area contributed by atoms with E-state index in [2.05, 4.69) is 16.0 Å². The molecule has 3 N–H and O–H groups in total.